The molecule has 0 fully saturated rings. The molecular weight excluding hydrogens is 197 g/mol. The van der Waals surface area contributed by atoms with Crippen molar-refractivity contribution in [3.63, 3.8) is 0 Å². The van der Waals surface area contributed by atoms with Gasteiger partial charge in [-0.05, 0) is 31.0 Å². The highest BCUT2D eigenvalue weighted by molar-refractivity contribution is 5.90. The molecule has 4 heteroatoms. The molecule has 0 saturated carbocycles. The van der Waals surface area contributed by atoms with E-state index in [0.717, 1.165) is 0 Å². The van der Waals surface area contributed by atoms with E-state index < -0.39 is 0 Å². The lowest BCUT2D eigenvalue weighted by Crippen LogP contribution is -2.11. The Bertz CT molecular complexity index is 352. The van der Waals surface area contributed by atoms with E-state index in [1.165, 1.54) is 6.07 Å². The predicted molar refractivity (Wildman–Crippen MR) is 56.1 cm³/mol. The van der Waals surface area contributed by atoms with Crippen molar-refractivity contribution in [1.82, 2.24) is 0 Å². The fourth-order valence-corrected chi connectivity index (χ4v) is 1.13. The van der Waals surface area contributed by atoms with Crippen LogP contribution in [0.5, 0.6) is 0 Å². The third-order valence-electron chi connectivity index (χ3n) is 2.02. The average Bonchev–Trinajstić information content (AvgIpc) is 2.20. The SMILES string of the molecule is Cc1ccc(NC(=O)CCCO)cc1F. The predicted octanol–water partition coefficient (Wildman–Crippen LogP) is 1.85. The van der Waals surface area contributed by atoms with Gasteiger partial charge in [-0.3, -0.25) is 4.79 Å². The summed E-state index contributed by atoms with van der Waals surface area (Å²) in [6.45, 7) is 1.64. The van der Waals surface area contributed by atoms with E-state index in [4.69, 9.17) is 5.11 Å². The van der Waals surface area contributed by atoms with Crippen molar-refractivity contribution in [2.24, 2.45) is 0 Å². The largest absolute Gasteiger partial charge is 0.396 e. The Morgan fingerprint density at radius 2 is 2.27 bits per heavy atom. The molecule has 0 aliphatic heterocycles. The lowest BCUT2D eigenvalue weighted by Gasteiger charge is -2.05. The molecule has 0 saturated heterocycles. The van der Waals surface area contributed by atoms with Crippen LogP contribution in [0.4, 0.5) is 10.1 Å². The minimum absolute atomic E-state index is 0.0182. The third kappa shape index (κ3) is 3.67. The van der Waals surface area contributed by atoms with Gasteiger partial charge in [-0.2, -0.15) is 0 Å². The van der Waals surface area contributed by atoms with E-state index in [1.807, 2.05) is 0 Å². The lowest BCUT2D eigenvalue weighted by molar-refractivity contribution is -0.116. The minimum atomic E-state index is -0.338. The second kappa shape index (κ2) is 5.46. The Labute approximate surface area is 87.9 Å². The number of benzene rings is 1. The van der Waals surface area contributed by atoms with Crippen LogP contribution in [0.15, 0.2) is 18.2 Å². The molecule has 1 rings (SSSR count). The zero-order valence-electron chi connectivity index (χ0n) is 8.59. The van der Waals surface area contributed by atoms with Crippen molar-refractivity contribution < 1.29 is 14.3 Å². The van der Waals surface area contributed by atoms with Gasteiger partial charge < -0.3 is 10.4 Å². The standard InChI is InChI=1S/C11H14FNO2/c1-8-4-5-9(7-10(8)12)13-11(15)3-2-6-14/h4-5,7,14H,2-3,6H2,1H3,(H,13,15). The number of halogens is 1. The van der Waals surface area contributed by atoms with Gasteiger partial charge in [0, 0.05) is 18.7 Å². The fourth-order valence-electron chi connectivity index (χ4n) is 1.13. The van der Waals surface area contributed by atoms with Gasteiger partial charge in [-0.15, -0.1) is 0 Å². The number of anilines is 1. The Hall–Kier alpha value is -1.42. The Balaban J connectivity index is 2.57. The van der Waals surface area contributed by atoms with Crippen LogP contribution in [0, 0.1) is 12.7 Å². The summed E-state index contributed by atoms with van der Waals surface area (Å²) < 4.78 is 13.1. The number of hydrogen-bond donors (Lipinski definition) is 2. The number of carbonyl (C=O) groups excluding carboxylic acids is 1. The molecule has 0 heterocycles. The molecule has 0 aliphatic rings. The molecule has 82 valence electrons. The molecule has 0 bridgehead atoms. The van der Waals surface area contributed by atoms with Crippen molar-refractivity contribution in [2.75, 3.05) is 11.9 Å². The molecule has 3 nitrogen and oxygen atoms in total. The zero-order chi connectivity index (χ0) is 11.3. The monoisotopic (exact) mass is 211 g/mol. The Morgan fingerprint density at radius 3 is 2.87 bits per heavy atom. The van der Waals surface area contributed by atoms with Gasteiger partial charge in [0.05, 0.1) is 0 Å². The average molecular weight is 211 g/mol. The normalized spacial score (nSPS) is 10.1. The summed E-state index contributed by atoms with van der Waals surface area (Å²) in [6, 6.07) is 4.54. The molecular formula is C11H14FNO2. The maximum Gasteiger partial charge on any atom is 0.224 e. The minimum Gasteiger partial charge on any atom is -0.396 e. The van der Waals surface area contributed by atoms with E-state index in [0.29, 0.717) is 17.7 Å². The molecule has 1 amide bonds. The second-order valence-electron chi connectivity index (χ2n) is 3.34. The smallest absolute Gasteiger partial charge is 0.224 e. The van der Waals surface area contributed by atoms with E-state index in [-0.39, 0.29) is 24.8 Å². The summed E-state index contributed by atoms with van der Waals surface area (Å²) in [6.07, 6.45) is 0.659. The zero-order valence-corrected chi connectivity index (χ0v) is 8.59. The van der Waals surface area contributed by atoms with Gasteiger partial charge in [-0.1, -0.05) is 6.07 Å². The summed E-state index contributed by atoms with van der Waals surface area (Å²) in [7, 11) is 0. The van der Waals surface area contributed by atoms with Crippen molar-refractivity contribution in [2.45, 2.75) is 19.8 Å². The van der Waals surface area contributed by atoms with Crippen molar-refractivity contribution in [3.05, 3.63) is 29.6 Å². The first kappa shape index (κ1) is 11.7. The molecule has 0 aliphatic carbocycles. The summed E-state index contributed by atoms with van der Waals surface area (Å²) >= 11 is 0. The highest BCUT2D eigenvalue weighted by Gasteiger charge is 2.03. The highest BCUT2D eigenvalue weighted by Crippen LogP contribution is 2.13. The third-order valence-corrected chi connectivity index (χ3v) is 2.02. The topological polar surface area (TPSA) is 49.3 Å². The number of amides is 1. The highest BCUT2D eigenvalue weighted by atomic mass is 19.1. The summed E-state index contributed by atoms with van der Waals surface area (Å²) in [5, 5.41) is 11.1. The van der Waals surface area contributed by atoms with Crippen molar-refractivity contribution in [3.8, 4) is 0 Å². The van der Waals surface area contributed by atoms with Crippen LogP contribution >= 0.6 is 0 Å². The quantitative estimate of drug-likeness (QED) is 0.798. The molecule has 0 unspecified atom stereocenters. The number of aliphatic hydroxyl groups is 1. The van der Waals surface area contributed by atoms with E-state index in [1.54, 1.807) is 19.1 Å². The van der Waals surface area contributed by atoms with E-state index in [9.17, 15) is 9.18 Å². The Kier molecular flexibility index (Phi) is 4.24. The van der Waals surface area contributed by atoms with Crippen LogP contribution in [-0.2, 0) is 4.79 Å². The molecule has 0 radical (unpaired) electrons. The van der Waals surface area contributed by atoms with Gasteiger partial charge in [0.15, 0.2) is 0 Å². The van der Waals surface area contributed by atoms with Crippen LogP contribution in [0.25, 0.3) is 0 Å². The maximum absolute atomic E-state index is 13.1. The van der Waals surface area contributed by atoms with Gasteiger partial charge in [-0.25, -0.2) is 4.39 Å². The summed E-state index contributed by atoms with van der Waals surface area (Å²) in [5.41, 5.74) is 0.990. The van der Waals surface area contributed by atoms with Crippen molar-refractivity contribution >= 4 is 11.6 Å². The Morgan fingerprint density at radius 1 is 1.53 bits per heavy atom. The molecule has 1 aromatic carbocycles. The lowest BCUT2D eigenvalue weighted by atomic mass is 10.2. The van der Waals surface area contributed by atoms with Gasteiger partial charge in [0.25, 0.3) is 0 Å². The summed E-state index contributed by atoms with van der Waals surface area (Å²) in [4.78, 5) is 11.2. The first-order valence-electron chi connectivity index (χ1n) is 4.80. The number of hydrogen-bond acceptors (Lipinski definition) is 2. The number of nitrogens with one attached hydrogen (secondary N) is 1. The molecule has 1 aromatic rings. The van der Waals surface area contributed by atoms with E-state index in [2.05, 4.69) is 5.32 Å². The fraction of sp³-hybridized carbons (Fsp3) is 0.364. The van der Waals surface area contributed by atoms with Crippen molar-refractivity contribution in [1.29, 1.82) is 0 Å². The maximum atomic E-state index is 13.1. The van der Waals surface area contributed by atoms with Crippen LogP contribution in [0.3, 0.4) is 0 Å². The van der Waals surface area contributed by atoms with Gasteiger partial charge in [0.2, 0.25) is 5.91 Å². The first-order valence-corrected chi connectivity index (χ1v) is 4.80. The molecule has 0 atom stereocenters. The molecule has 2 N–H and O–H groups in total. The number of rotatable bonds is 4. The molecule has 15 heavy (non-hydrogen) atoms. The molecule has 0 spiro atoms. The first-order chi connectivity index (χ1) is 7.13. The van der Waals surface area contributed by atoms with E-state index >= 15 is 0 Å². The second-order valence-corrected chi connectivity index (χ2v) is 3.34. The van der Waals surface area contributed by atoms with Crippen LogP contribution in [0.1, 0.15) is 18.4 Å². The van der Waals surface area contributed by atoms with Crippen LogP contribution in [0.2, 0.25) is 0 Å². The summed E-state index contributed by atoms with van der Waals surface area (Å²) in [5.74, 6) is -0.553. The number of aryl methyl sites for hydroxylation is 1. The van der Waals surface area contributed by atoms with Gasteiger partial charge >= 0.3 is 0 Å². The number of carbonyl (C=O) groups is 1. The van der Waals surface area contributed by atoms with Crippen LogP contribution in [-0.4, -0.2) is 17.6 Å². The van der Waals surface area contributed by atoms with Crippen LogP contribution < -0.4 is 5.32 Å². The molecule has 0 aromatic heterocycles. The van der Waals surface area contributed by atoms with Gasteiger partial charge in [0.1, 0.15) is 5.82 Å². The number of aliphatic hydroxyl groups excluding tert-OH is 1.